The van der Waals surface area contributed by atoms with Crippen molar-refractivity contribution in [2.24, 2.45) is 16.6 Å². The van der Waals surface area contributed by atoms with Gasteiger partial charge in [-0.1, -0.05) is 12.1 Å². The topological polar surface area (TPSA) is 143 Å². The van der Waals surface area contributed by atoms with Gasteiger partial charge in [0.2, 0.25) is 5.96 Å². The Labute approximate surface area is 219 Å². The summed E-state index contributed by atoms with van der Waals surface area (Å²) in [4.78, 5) is 10.4. The van der Waals surface area contributed by atoms with Crippen molar-refractivity contribution < 1.29 is 14.9 Å². The summed E-state index contributed by atoms with van der Waals surface area (Å²) in [5.74, 6) is 1.51. The number of fused-ring (bicyclic) bond motifs is 4. The normalized spacial score (nSPS) is 30.9. The molecule has 2 aliphatic heterocycles. The van der Waals surface area contributed by atoms with Gasteiger partial charge in [-0.05, 0) is 73.0 Å². The number of hydrogen-bond donors (Lipinski definition) is 5. The fraction of sp³-hybridized carbons (Fsp3) is 0.448. The number of phenols is 1. The van der Waals surface area contributed by atoms with Gasteiger partial charge in [-0.3, -0.25) is 10.2 Å². The zero-order valence-electron chi connectivity index (χ0n) is 21.0. The van der Waals surface area contributed by atoms with Crippen molar-refractivity contribution in [1.29, 1.82) is 5.26 Å². The summed E-state index contributed by atoms with van der Waals surface area (Å²) in [6.45, 7) is 2.30. The number of nitriles is 1. The lowest BCUT2D eigenvalue weighted by molar-refractivity contribution is -0.173. The highest BCUT2D eigenvalue weighted by Gasteiger charge is 2.72. The third-order valence-electron chi connectivity index (χ3n) is 9.84. The molecule has 1 aromatic heterocycles. The number of hydrogen-bond acceptors (Lipinski definition) is 6. The van der Waals surface area contributed by atoms with Gasteiger partial charge in [0.25, 0.3) is 0 Å². The van der Waals surface area contributed by atoms with Crippen LogP contribution in [0.15, 0.2) is 35.3 Å². The summed E-state index contributed by atoms with van der Waals surface area (Å²) in [6.07, 6.45) is 6.02. The fourth-order valence-corrected chi connectivity index (χ4v) is 8.04. The molecule has 0 radical (unpaired) electrons. The monoisotopic (exact) mass is 510 g/mol. The predicted molar refractivity (Wildman–Crippen MR) is 141 cm³/mol. The highest BCUT2D eigenvalue weighted by atomic mass is 16.5. The SMILES string of the molecule is N#CNC(N)=NCc1ccc2[nH]c3c(c2c1)C[C@@]1(O)[C@H]2Cc4ccc(O)c5c4[C@@]1(CCN2CC1CC1)[C@H]3O5. The van der Waals surface area contributed by atoms with Crippen LogP contribution in [0.2, 0.25) is 0 Å². The first-order chi connectivity index (χ1) is 18.4. The number of aliphatic hydroxyl groups is 1. The number of aromatic hydroxyl groups is 1. The molecule has 2 bridgehead atoms. The van der Waals surface area contributed by atoms with E-state index in [0.29, 0.717) is 18.7 Å². The van der Waals surface area contributed by atoms with Crippen molar-refractivity contribution >= 4 is 16.9 Å². The van der Waals surface area contributed by atoms with Crippen LogP contribution in [-0.2, 0) is 24.8 Å². The molecule has 1 saturated carbocycles. The van der Waals surface area contributed by atoms with Crippen LogP contribution < -0.4 is 15.8 Å². The molecule has 8 rings (SSSR count). The zero-order valence-corrected chi connectivity index (χ0v) is 21.0. The molecular weight excluding hydrogens is 480 g/mol. The Bertz CT molecular complexity index is 1590. The fourth-order valence-electron chi connectivity index (χ4n) is 8.04. The van der Waals surface area contributed by atoms with E-state index in [1.54, 1.807) is 12.3 Å². The lowest BCUT2D eigenvalue weighted by atomic mass is 9.49. The van der Waals surface area contributed by atoms with Gasteiger partial charge in [-0.25, -0.2) is 4.99 Å². The predicted octanol–water partition coefficient (Wildman–Crippen LogP) is 2.46. The average Bonchev–Trinajstić information content (AvgIpc) is 3.54. The number of ether oxygens (including phenoxy) is 1. The molecule has 1 saturated heterocycles. The van der Waals surface area contributed by atoms with Gasteiger partial charge in [0.05, 0.1) is 23.3 Å². The van der Waals surface area contributed by atoms with Crippen molar-refractivity contribution in [2.45, 2.75) is 61.8 Å². The Hall–Kier alpha value is -3.74. The number of likely N-dealkylation sites (tertiary alicyclic amines) is 1. The van der Waals surface area contributed by atoms with Crippen LogP contribution in [-0.4, -0.2) is 50.8 Å². The van der Waals surface area contributed by atoms with E-state index in [-0.39, 0.29) is 17.8 Å². The first-order valence-corrected chi connectivity index (χ1v) is 13.5. The first kappa shape index (κ1) is 22.3. The summed E-state index contributed by atoms with van der Waals surface area (Å²) in [7, 11) is 0. The van der Waals surface area contributed by atoms with Gasteiger partial charge in [0, 0.05) is 35.5 Å². The average molecular weight is 511 g/mol. The number of guanidine groups is 1. The van der Waals surface area contributed by atoms with E-state index in [9.17, 15) is 10.2 Å². The number of aromatic amines is 1. The quantitative estimate of drug-likeness (QED) is 0.157. The summed E-state index contributed by atoms with van der Waals surface area (Å²) in [5, 5.41) is 36.0. The smallest absolute Gasteiger partial charge is 0.202 e. The number of nitrogens with two attached hydrogens (primary N) is 1. The maximum atomic E-state index is 12.9. The van der Waals surface area contributed by atoms with Crippen molar-refractivity contribution in [2.75, 3.05) is 13.1 Å². The van der Waals surface area contributed by atoms with Gasteiger partial charge in [-0.15, -0.1) is 0 Å². The maximum Gasteiger partial charge on any atom is 0.202 e. The molecule has 3 aliphatic carbocycles. The van der Waals surface area contributed by atoms with E-state index in [4.69, 9.17) is 15.7 Å². The van der Waals surface area contributed by atoms with Crippen molar-refractivity contribution in [3.05, 3.63) is 58.3 Å². The van der Waals surface area contributed by atoms with Crippen LogP contribution in [0.3, 0.4) is 0 Å². The number of H-pyrrole nitrogens is 1. The molecule has 38 heavy (non-hydrogen) atoms. The molecule has 6 N–H and O–H groups in total. The molecule has 3 heterocycles. The lowest BCUT2D eigenvalue weighted by Gasteiger charge is -2.62. The van der Waals surface area contributed by atoms with E-state index < -0.39 is 17.1 Å². The van der Waals surface area contributed by atoms with Crippen LogP contribution >= 0.6 is 0 Å². The molecule has 2 aromatic carbocycles. The Morgan fingerprint density at radius 3 is 3.00 bits per heavy atom. The molecule has 9 heteroatoms. The minimum atomic E-state index is -1.02. The van der Waals surface area contributed by atoms with Crippen LogP contribution in [0.25, 0.3) is 10.9 Å². The van der Waals surface area contributed by atoms with Gasteiger partial charge in [-0.2, -0.15) is 5.26 Å². The van der Waals surface area contributed by atoms with Crippen molar-refractivity contribution in [1.82, 2.24) is 15.2 Å². The number of nitrogens with zero attached hydrogens (tertiary/aromatic N) is 3. The van der Waals surface area contributed by atoms with E-state index in [0.717, 1.165) is 65.1 Å². The van der Waals surface area contributed by atoms with Crippen molar-refractivity contribution in [3.63, 3.8) is 0 Å². The number of aliphatic imine (C=N–C) groups is 1. The Balaban J connectivity index is 1.29. The Morgan fingerprint density at radius 2 is 2.18 bits per heavy atom. The molecule has 2 fully saturated rings. The third kappa shape index (κ3) is 2.74. The highest BCUT2D eigenvalue weighted by molar-refractivity contribution is 5.87. The third-order valence-corrected chi connectivity index (χ3v) is 9.84. The lowest BCUT2D eigenvalue weighted by Crippen LogP contribution is -2.74. The molecule has 4 atom stereocenters. The van der Waals surface area contributed by atoms with Gasteiger partial charge in [0.15, 0.2) is 23.8 Å². The van der Waals surface area contributed by atoms with E-state index in [1.165, 1.54) is 18.4 Å². The second-order valence-electron chi connectivity index (χ2n) is 11.8. The zero-order chi connectivity index (χ0) is 25.8. The number of rotatable bonds is 4. The largest absolute Gasteiger partial charge is 0.504 e. The van der Waals surface area contributed by atoms with Crippen molar-refractivity contribution in [3.8, 4) is 17.7 Å². The van der Waals surface area contributed by atoms with Crippen LogP contribution in [0, 0.1) is 17.4 Å². The molecule has 1 spiro atoms. The minimum Gasteiger partial charge on any atom is -0.504 e. The summed E-state index contributed by atoms with van der Waals surface area (Å²) in [5.41, 5.74) is 10.4. The second kappa shape index (κ2) is 7.43. The van der Waals surface area contributed by atoms with Gasteiger partial charge in [0.1, 0.15) is 0 Å². The number of nitrogens with one attached hydrogen (secondary N) is 2. The number of benzene rings is 2. The molecule has 194 valence electrons. The molecule has 3 aromatic rings. The molecular formula is C29H30N6O3. The molecule has 9 nitrogen and oxygen atoms in total. The number of piperidine rings is 1. The Kier molecular flexibility index (Phi) is 4.35. The molecule has 0 unspecified atom stereocenters. The second-order valence-corrected chi connectivity index (χ2v) is 11.8. The molecule has 0 amide bonds. The Morgan fingerprint density at radius 1 is 1.32 bits per heavy atom. The number of aromatic nitrogens is 1. The minimum absolute atomic E-state index is 0.00585. The van der Waals surface area contributed by atoms with Crippen LogP contribution in [0.4, 0.5) is 0 Å². The summed E-state index contributed by atoms with van der Waals surface area (Å²) >= 11 is 0. The van der Waals surface area contributed by atoms with E-state index in [2.05, 4.69) is 26.3 Å². The maximum absolute atomic E-state index is 12.9. The first-order valence-electron chi connectivity index (χ1n) is 13.5. The summed E-state index contributed by atoms with van der Waals surface area (Å²) < 4.78 is 6.66. The van der Waals surface area contributed by atoms with Gasteiger partial charge < -0.3 is 25.7 Å². The molecule has 5 aliphatic rings. The standard InChI is InChI=1S/C29H30N6O3/c30-14-33-27(31)32-12-16-3-5-20-18(9-16)19-11-29(37)22-10-17-4-6-21(36)25-23(17)28(29,26(38-25)24(19)34-20)7-8-35(22)13-15-1-2-15/h3-6,9,15,22,26,34,36-37H,1-2,7-8,10-13H2,(H3,31,32,33)/t22-,26+,28+,29-/m1/s1. The van der Waals surface area contributed by atoms with Crippen LogP contribution in [0.1, 0.15) is 53.3 Å². The number of phenolic OH excluding ortho intramolecular Hbond substituents is 1. The van der Waals surface area contributed by atoms with Gasteiger partial charge >= 0.3 is 0 Å². The van der Waals surface area contributed by atoms with E-state index in [1.807, 2.05) is 18.2 Å². The van der Waals surface area contributed by atoms with E-state index >= 15 is 0 Å². The highest BCUT2D eigenvalue weighted by Crippen LogP contribution is 2.69. The summed E-state index contributed by atoms with van der Waals surface area (Å²) in [6, 6.07) is 9.91. The van der Waals surface area contributed by atoms with Crippen LogP contribution in [0.5, 0.6) is 11.5 Å².